The first-order valence-electron chi connectivity index (χ1n) is 5.71. The van der Waals surface area contributed by atoms with Gasteiger partial charge < -0.3 is 10.1 Å². The van der Waals surface area contributed by atoms with Gasteiger partial charge >= 0.3 is 0 Å². The maximum atomic E-state index is 5.23. The Bertz CT molecular complexity index is 290. The molecule has 0 saturated carbocycles. The topological polar surface area (TPSA) is 21.3 Å². The maximum Gasteiger partial charge on any atom is 0.0615 e. The predicted octanol–water partition coefficient (Wildman–Crippen LogP) is 3.46. The van der Waals surface area contributed by atoms with E-state index < -0.39 is 0 Å². The van der Waals surface area contributed by atoms with Crippen LogP contribution in [0.15, 0.2) is 15.9 Å². The summed E-state index contributed by atoms with van der Waals surface area (Å²) < 4.78 is 6.42. The molecule has 2 nitrogen and oxygen atoms in total. The summed E-state index contributed by atoms with van der Waals surface area (Å²) in [7, 11) is 1.77. The highest BCUT2D eigenvalue weighted by atomic mass is 79.9. The number of aryl methyl sites for hydroxylation is 1. The summed E-state index contributed by atoms with van der Waals surface area (Å²) in [5, 5.41) is 5.65. The van der Waals surface area contributed by atoms with Gasteiger partial charge in [0.2, 0.25) is 0 Å². The number of hydrogen-bond donors (Lipinski definition) is 1. The third-order valence-corrected chi connectivity index (χ3v) is 4.17. The van der Waals surface area contributed by atoms with Crippen molar-refractivity contribution in [2.75, 3.05) is 20.3 Å². The minimum atomic E-state index is 0.478. The van der Waals surface area contributed by atoms with Crippen LogP contribution in [-0.4, -0.2) is 26.3 Å². The highest BCUT2D eigenvalue weighted by Crippen LogP contribution is 2.21. The predicted molar refractivity (Wildman–Crippen MR) is 74.3 cm³/mol. The van der Waals surface area contributed by atoms with Gasteiger partial charge in [-0.05, 0) is 47.8 Å². The van der Waals surface area contributed by atoms with Gasteiger partial charge in [0.05, 0.1) is 6.61 Å². The van der Waals surface area contributed by atoms with Crippen LogP contribution in [-0.2, 0) is 11.2 Å². The molecule has 1 atom stereocenters. The zero-order valence-corrected chi connectivity index (χ0v) is 12.4. The molecule has 0 aliphatic carbocycles. The second kappa shape index (κ2) is 8.23. The molecule has 0 fully saturated rings. The molecule has 4 heteroatoms. The number of methoxy groups -OCH3 is 1. The molecule has 1 N–H and O–H groups in total. The van der Waals surface area contributed by atoms with Crippen LogP contribution in [0.25, 0.3) is 0 Å². The highest BCUT2D eigenvalue weighted by Gasteiger charge is 2.08. The Hall–Kier alpha value is 0.1000. The molecule has 0 saturated heterocycles. The minimum absolute atomic E-state index is 0.478. The number of thiophene rings is 1. The fourth-order valence-corrected chi connectivity index (χ4v) is 3.07. The Morgan fingerprint density at radius 3 is 2.94 bits per heavy atom. The normalized spacial score (nSPS) is 12.9. The zero-order chi connectivity index (χ0) is 11.8. The molecule has 0 radical (unpaired) electrons. The zero-order valence-electron chi connectivity index (χ0n) is 9.96. The van der Waals surface area contributed by atoms with Crippen molar-refractivity contribution in [2.24, 2.45) is 0 Å². The Labute approximate surface area is 111 Å². The van der Waals surface area contributed by atoms with Crippen LogP contribution in [0.4, 0.5) is 0 Å². The average Bonchev–Trinajstić information content (AvgIpc) is 2.68. The Kier molecular flexibility index (Phi) is 7.28. The van der Waals surface area contributed by atoms with Crippen molar-refractivity contribution in [2.45, 2.75) is 32.2 Å². The smallest absolute Gasteiger partial charge is 0.0615 e. The first kappa shape index (κ1) is 14.2. The molecule has 1 aromatic heterocycles. The molecule has 1 rings (SSSR count). The van der Waals surface area contributed by atoms with Crippen molar-refractivity contribution in [3.8, 4) is 0 Å². The maximum absolute atomic E-state index is 5.23. The van der Waals surface area contributed by atoms with Gasteiger partial charge in [-0.2, -0.15) is 0 Å². The van der Waals surface area contributed by atoms with E-state index in [4.69, 9.17) is 4.74 Å². The van der Waals surface area contributed by atoms with Gasteiger partial charge in [0.15, 0.2) is 0 Å². The van der Waals surface area contributed by atoms with E-state index in [2.05, 4.69) is 39.6 Å². The minimum Gasteiger partial charge on any atom is -0.383 e. The number of halogens is 1. The van der Waals surface area contributed by atoms with Crippen molar-refractivity contribution in [1.82, 2.24) is 5.32 Å². The lowest BCUT2D eigenvalue weighted by Crippen LogP contribution is -2.34. The fourth-order valence-electron chi connectivity index (χ4n) is 1.60. The van der Waals surface area contributed by atoms with E-state index in [1.807, 2.05) is 11.3 Å². The Morgan fingerprint density at radius 2 is 2.38 bits per heavy atom. The standard InChI is InChI=1S/C12H20BrNOS/c1-3-6-14-11(8-15-2)4-5-12-7-10(13)9-16-12/h7,9,11,14H,3-6,8H2,1-2H3. The van der Waals surface area contributed by atoms with Gasteiger partial charge in [0, 0.05) is 27.9 Å². The van der Waals surface area contributed by atoms with Crippen LogP contribution in [0.1, 0.15) is 24.6 Å². The molecule has 0 aromatic carbocycles. The molecule has 16 heavy (non-hydrogen) atoms. The van der Waals surface area contributed by atoms with Crippen LogP contribution in [0.2, 0.25) is 0 Å². The number of nitrogens with one attached hydrogen (secondary N) is 1. The second-order valence-electron chi connectivity index (χ2n) is 3.88. The molecule has 1 unspecified atom stereocenters. The molecule has 1 heterocycles. The van der Waals surface area contributed by atoms with E-state index in [0.29, 0.717) is 6.04 Å². The third kappa shape index (κ3) is 5.43. The first-order chi connectivity index (χ1) is 7.76. The molecule has 0 aliphatic heterocycles. The van der Waals surface area contributed by atoms with Crippen molar-refractivity contribution in [3.05, 3.63) is 20.8 Å². The van der Waals surface area contributed by atoms with Crippen molar-refractivity contribution in [3.63, 3.8) is 0 Å². The second-order valence-corrected chi connectivity index (χ2v) is 5.79. The van der Waals surface area contributed by atoms with Crippen LogP contribution in [0.5, 0.6) is 0 Å². The van der Waals surface area contributed by atoms with Gasteiger partial charge in [-0.15, -0.1) is 11.3 Å². The lowest BCUT2D eigenvalue weighted by Gasteiger charge is -2.16. The van der Waals surface area contributed by atoms with Gasteiger partial charge in [-0.3, -0.25) is 0 Å². The summed E-state index contributed by atoms with van der Waals surface area (Å²) in [5.74, 6) is 0. The van der Waals surface area contributed by atoms with E-state index in [0.717, 1.165) is 26.0 Å². The van der Waals surface area contributed by atoms with Crippen LogP contribution >= 0.6 is 27.3 Å². The highest BCUT2D eigenvalue weighted by molar-refractivity contribution is 9.10. The van der Waals surface area contributed by atoms with Gasteiger partial charge in [0.1, 0.15) is 0 Å². The quantitative estimate of drug-likeness (QED) is 0.794. The largest absolute Gasteiger partial charge is 0.383 e. The van der Waals surface area contributed by atoms with Crippen molar-refractivity contribution >= 4 is 27.3 Å². The summed E-state index contributed by atoms with van der Waals surface area (Å²) >= 11 is 5.30. The third-order valence-electron chi connectivity index (χ3n) is 2.41. The monoisotopic (exact) mass is 305 g/mol. The van der Waals surface area contributed by atoms with Gasteiger partial charge in [0.25, 0.3) is 0 Å². The van der Waals surface area contributed by atoms with Crippen LogP contribution < -0.4 is 5.32 Å². The van der Waals surface area contributed by atoms with Crippen LogP contribution in [0.3, 0.4) is 0 Å². The van der Waals surface area contributed by atoms with E-state index in [9.17, 15) is 0 Å². The van der Waals surface area contributed by atoms with E-state index in [-0.39, 0.29) is 0 Å². The number of hydrogen-bond acceptors (Lipinski definition) is 3. The van der Waals surface area contributed by atoms with Gasteiger partial charge in [-0.25, -0.2) is 0 Å². The first-order valence-corrected chi connectivity index (χ1v) is 7.38. The summed E-state index contributed by atoms with van der Waals surface area (Å²) in [4.78, 5) is 1.44. The number of rotatable bonds is 8. The molecular formula is C12H20BrNOS. The molecule has 0 spiro atoms. The molecule has 92 valence electrons. The number of ether oxygens (including phenoxy) is 1. The SMILES string of the molecule is CCCNC(CCc1cc(Br)cs1)COC. The summed E-state index contributed by atoms with van der Waals surface area (Å²) in [6, 6.07) is 2.68. The Balaban J connectivity index is 2.30. The average molecular weight is 306 g/mol. The summed E-state index contributed by atoms with van der Waals surface area (Å²) in [6.07, 6.45) is 3.44. The molecule has 0 aliphatic rings. The van der Waals surface area contributed by atoms with Gasteiger partial charge in [-0.1, -0.05) is 6.92 Å². The lowest BCUT2D eigenvalue weighted by molar-refractivity contribution is 0.163. The summed E-state index contributed by atoms with van der Waals surface area (Å²) in [6.45, 7) is 4.06. The lowest BCUT2D eigenvalue weighted by atomic mass is 10.1. The van der Waals surface area contributed by atoms with E-state index in [1.165, 1.54) is 15.8 Å². The summed E-state index contributed by atoms with van der Waals surface area (Å²) in [5.41, 5.74) is 0. The molecular weight excluding hydrogens is 286 g/mol. The van der Waals surface area contributed by atoms with Crippen molar-refractivity contribution < 1.29 is 4.74 Å². The molecule has 0 amide bonds. The van der Waals surface area contributed by atoms with Crippen molar-refractivity contribution in [1.29, 1.82) is 0 Å². The molecule has 0 bridgehead atoms. The Morgan fingerprint density at radius 1 is 1.56 bits per heavy atom. The van der Waals surface area contributed by atoms with Crippen LogP contribution in [0, 0.1) is 0 Å². The fraction of sp³-hybridized carbons (Fsp3) is 0.667. The molecule has 1 aromatic rings. The van der Waals surface area contributed by atoms with E-state index >= 15 is 0 Å². The van der Waals surface area contributed by atoms with E-state index in [1.54, 1.807) is 7.11 Å².